The fraction of sp³-hybridized carbons (Fsp3) is 0.571. The molecule has 0 spiro atoms. The number of aromatic nitrogens is 2. The summed E-state index contributed by atoms with van der Waals surface area (Å²) in [6.07, 6.45) is 6.30. The number of hydrogen-bond donors (Lipinski definition) is 2. The summed E-state index contributed by atoms with van der Waals surface area (Å²) in [5, 5.41) is 3.31. The molecule has 0 bridgehead atoms. The highest BCUT2D eigenvalue weighted by molar-refractivity contribution is 8.03. The lowest BCUT2D eigenvalue weighted by atomic mass is 9.97. The summed E-state index contributed by atoms with van der Waals surface area (Å²) in [7, 11) is 0. The number of hydrogen-bond acceptors (Lipinski definition) is 6. The van der Waals surface area contributed by atoms with E-state index in [0.29, 0.717) is 5.92 Å². The molecular formula is C14H21N5S. The van der Waals surface area contributed by atoms with E-state index < -0.39 is 0 Å². The number of nitrogens with zero attached hydrogens (tertiary/aromatic N) is 3. The van der Waals surface area contributed by atoms with Crippen LogP contribution in [0.3, 0.4) is 0 Å². The van der Waals surface area contributed by atoms with Crippen molar-refractivity contribution < 1.29 is 0 Å². The van der Waals surface area contributed by atoms with Crippen LogP contribution in [-0.2, 0) is 0 Å². The molecule has 2 aliphatic rings. The normalized spacial score (nSPS) is 22.6. The molecule has 3 heterocycles. The number of rotatable bonds is 3. The smallest absolute Gasteiger partial charge is 0.225 e. The fourth-order valence-corrected chi connectivity index (χ4v) is 3.39. The monoisotopic (exact) mass is 291 g/mol. The van der Waals surface area contributed by atoms with Gasteiger partial charge in [-0.2, -0.15) is 0 Å². The van der Waals surface area contributed by atoms with Crippen molar-refractivity contribution in [3.8, 4) is 0 Å². The van der Waals surface area contributed by atoms with Crippen LogP contribution in [0.5, 0.6) is 0 Å². The van der Waals surface area contributed by atoms with E-state index in [1.807, 2.05) is 24.0 Å². The van der Waals surface area contributed by atoms with Gasteiger partial charge < -0.3 is 16.0 Å². The summed E-state index contributed by atoms with van der Waals surface area (Å²) < 4.78 is 0. The third kappa shape index (κ3) is 3.31. The van der Waals surface area contributed by atoms with E-state index in [2.05, 4.69) is 26.3 Å². The Morgan fingerprint density at radius 2 is 2.30 bits per heavy atom. The summed E-state index contributed by atoms with van der Waals surface area (Å²) in [4.78, 5) is 12.7. The molecule has 0 amide bonds. The van der Waals surface area contributed by atoms with Crippen LogP contribution in [0.1, 0.15) is 18.5 Å². The standard InChI is InChI=1S/C14H21N5S/c15-8-11-2-5-19(6-3-11)14-17-4-1-12(18-14)7-13-9-16-10-20-13/h1,4,7,11,16H,2-3,5-6,8-10,15H2/b13-7-. The van der Waals surface area contributed by atoms with Crippen LogP contribution >= 0.6 is 11.8 Å². The quantitative estimate of drug-likeness (QED) is 0.874. The SMILES string of the molecule is NCC1CCN(c2nccc(/C=C3/CNCS3)n2)CC1. The third-order valence-corrected chi connectivity index (χ3v) is 4.84. The molecule has 1 aromatic heterocycles. The maximum absolute atomic E-state index is 5.74. The minimum Gasteiger partial charge on any atom is -0.341 e. The molecule has 2 saturated heterocycles. The Bertz CT molecular complexity index is 474. The lowest BCUT2D eigenvalue weighted by Gasteiger charge is -2.31. The summed E-state index contributed by atoms with van der Waals surface area (Å²) in [6, 6.07) is 1.97. The average Bonchev–Trinajstić information content (AvgIpc) is 3.01. The van der Waals surface area contributed by atoms with Crippen LogP contribution in [0.4, 0.5) is 5.95 Å². The van der Waals surface area contributed by atoms with Crippen molar-refractivity contribution in [3.05, 3.63) is 22.9 Å². The molecular weight excluding hydrogens is 270 g/mol. The van der Waals surface area contributed by atoms with Crippen molar-refractivity contribution in [2.45, 2.75) is 12.8 Å². The molecule has 0 aliphatic carbocycles. The molecule has 20 heavy (non-hydrogen) atoms. The molecule has 3 N–H and O–H groups in total. The van der Waals surface area contributed by atoms with E-state index in [4.69, 9.17) is 5.73 Å². The molecule has 1 aromatic rings. The van der Waals surface area contributed by atoms with Crippen LogP contribution < -0.4 is 16.0 Å². The van der Waals surface area contributed by atoms with E-state index in [-0.39, 0.29) is 0 Å². The van der Waals surface area contributed by atoms with Gasteiger partial charge in [0.2, 0.25) is 5.95 Å². The Morgan fingerprint density at radius 1 is 1.45 bits per heavy atom. The fourth-order valence-electron chi connectivity index (χ4n) is 2.59. The first-order valence-corrected chi connectivity index (χ1v) is 8.16. The molecule has 6 heteroatoms. The largest absolute Gasteiger partial charge is 0.341 e. The molecule has 0 aromatic carbocycles. The lowest BCUT2D eigenvalue weighted by Crippen LogP contribution is -2.37. The van der Waals surface area contributed by atoms with E-state index in [0.717, 1.165) is 56.5 Å². The third-order valence-electron chi connectivity index (χ3n) is 3.86. The van der Waals surface area contributed by atoms with Gasteiger partial charge in [-0.05, 0) is 37.4 Å². The molecule has 2 fully saturated rings. The van der Waals surface area contributed by atoms with Gasteiger partial charge in [-0.1, -0.05) is 0 Å². The molecule has 2 aliphatic heterocycles. The van der Waals surface area contributed by atoms with Crippen molar-refractivity contribution in [2.24, 2.45) is 11.7 Å². The van der Waals surface area contributed by atoms with Gasteiger partial charge in [0.05, 0.1) is 5.69 Å². The van der Waals surface area contributed by atoms with E-state index in [1.165, 1.54) is 4.91 Å². The number of piperidine rings is 1. The molecule has 0 unspecified atom stereocenters. The zero-order valence-electron chi connectivity index (χ0n) is 11.6. The van der Waals surface area contributed by atoms with Gasteiger partial charge in [0.1, 0.15) is 0 Å². The number of nitrogens with two attached hydrogens (primary N) is 1. The van der Waals surface area contributed by atoms with E-state index in [9.17, 15) is 0 Å². The first-order valence-electron chi connectivity index (χ1n) is 7.17. The second kappa shape index (κ2) is 6.56. The first-order chi connectivity index (χ1) is 9.85. The van der Waals surface area contributed by atoms with Gasteiger partial charge in [-0.25, -0.2) is 9.97 Å². The maximum atomic E-state index is 5.74. The van der Waals surface area contributed by atoms with Crippen LogP contribution in [-0.4, -0.2) is 42.0 Å². The zero-order valence-corrected chi connectivity index (χ0v) is 12.4. The minimum atomic E-state index is 0.664. The highest BCUT2D eigenvalue weighted by Gasteiger charge is 2.20. The molecule has 108 valence electrons. The highest BCUT2D eigenvalue weighted by atomic mass is 32.2. The first kappa shape index (κ1) is 13.9. The lowest BCUT2D eigenvalue weighted by molar-refractivity contribution is 0.411. The zero-order chi connectivity index (χ0) is 13.8. The van der Waals surface area contributed by atoms with Gasteiger partial charge in [0.25, 0.3) is 0 Å². The number of nitrogens with one attached hydrogen (secondary N) is 1. The second-order valence-electron chi connectivity index (χ2n) is 5.27. The van der Waals surface area contributed by atoms with Gasteiger partial charge in [0.15, 0.2) is 0 Å². The van der Waals surface area contributed by atoms with Gasteiger partial charge in [0, 0.05) is 36.6 Å². The van der Waals surface area contributed by atoms with Gasteiger partial charge in [-0.15, -0.1) is 11.8 Å². The van der Waals surface area contributed by atoms with Crippen molar-refractivity contribution in [2.75, 3.05) is 37.0 Å². The Kier molecular flexibility index (Phi) is 4.54. The molecule has 5 nitrogen and oxygen atoms in total. The van der Waals surface area contributed by atoms with Gasteiger partial charge >= 0.3 is 0 Å². The Morgan fingerprint density at radius 3 is 3.00 bits per heavy atom. The summed E-state index contributed by atoms with van der Waals surface area (Å²) in [5.74, 6) is 2.51. The van der Waals surface area contributed by atoms with E-state index in [1.54, 1.807) is 0 Å². The summed E-state index contributed by atoms with van der Waals surface area (Å²) in [6.45, 7) is 3.77. The van der Waals surface area contributed by atoms with E-state index >= 15 is 0 Å². The predicted molar refractivity (Wildman–Crippen MR) is 84.5 cm³/mol. The average molecular weight is 291 g/mol. The molecule has 0 atom stereocenters. The van der Waals surface area contributed by atoms with Crippen LogP contribution in [0.15, 0.2) is 17.2 Å². The van der Waals surface area contributed by atoms with Crippen molar-refractivity contribution in [1.29, 1.82) is 0 Å². The highest BCUT2D eigenvalue weighted by Crippen LogP contribution is 2.23. The Balaban J connectivity index is 1.70. The maximum Gasteiger partial charge on any atom is 0.225 e. The van der Waals surface area contributed by atoms with Crippen LogP contribution in [0, 0.1) is 5.92 Å². The van der Waals surface area contributed by atoms with Crippen LogP contribution in [0.2, 0.25) is 0 Å². The van der Waals surface area contributed by atoms with Crippen LogP contribution in [0.25, 0.3) is 6.08 Å². The van der Waals surface area contributed by atoms with Crippen molar-refractivity contribution in [3.63, 3.8) is 0 Å². The minimum absolute atomic E-state index is 0.664. The second-order valence-corrected chi connectivity index (χ2v) is 6.38. The van der Waals surface area contributed by atoms with Crippen molar-refractivity contribution in [1.82, 2.24) is 15.3 Å². The molecule has 3 rings (SSSR count). The predicted octanol–water partition coefficient (Wildman–Crippen LogP) is 1.29. The van der Waals surface area contributed by atoms with Gasteiger partial charge in [-0.3, -0.25) is 0 Å². The molecule has 0 saturated carbocycles. The van der Waals surface area contributed by atoms with Crippen molar-refractivity contribution >= 4 is 23.8 Å². The topological polar surface area (TPSA) is 67.1 Å². The molecule has 0 radical (unpaired) electrons. The Hall–Kier alpha value is -1.11. The number of anilines is 1. The number of thioether (sulfide) groups is 1. The Labute approximate surface area is 124 Å². The summed E-state index contributed by atoms with van der Waals surface area (Å²) >= 11 is 1.84. The summed E-state index contributed by atoms with van der Waals surface area (Å²) in [5.41, 5.74) is 6.74.